The molecule has 0 bridgehead atoms. The summed E-state index contributed by atoms with van der Waals surface area (Å²) in [6.45, 7) is 8.05. The first-order chi connectivity index (χ1) is 13.0. The Morgan fingerprint density at radius 1 is 1.15 bits per heavy atom. The van der Waals surface area contributed by atoms with E-state index in [0.717, 1.165) is 22.3 Å². The number of carbonyl (C=O) groups is 1. The van der Waals surface area contributed by atoms with Crippen LogP contribution in [0.4, 0.5) is 5.69 Å². The quantitative estimate of drug-likeness (QED) is 0.716. The van der Waals surface area contributed by atoms with Crippen molar-refractivity contribution in [1.29, 1.82) is 0 Å². The van der Waals surface area contributed by atoms with E-state index in [1.54, 1.807) is 18.3 Å². The minimum Gasteiger partial charge on any atom is -0.322 e. The summed E-state index contributed by atoms with van der Waals surface area (Å²) in [5.41, 5.74) is 4.29. The molecule has 0 radical (unpaired) electrons. The van der Waals surface area contributed by atoms with Gasteiger partial charge in [0, 0.05) is 18.4 Å². The molecule has 3 aromatic rings. The number of carbonyl (C=O) groups excluding carboxylic acids is 1. The van der Waals surface area contributed by atoms with E-state index in [9.17, 15) is 9.59 Å². The lowest BCUT2D eigenvalue weighted by molar-refractivity contribution is 0.102. The van der Waals surface area contributed by atoms with Gasteiger partial charge in [-0.15, -0.1) is 0 Å². The molecular weight excluding hydrogens is 336 g/mol. The molecule has 4 heteroatoms. The summed E-state index contributed by atoms with van der Waals surface area (Å²) in [6.07, 6.45) is 3.33. The molecule has 3 rings (SSSR count). The normalized spacial score (nSPS) is 10.4. The van der Waals surface area contributed by atoms with Gasteiger partial charge in [0.05, 0.1) is 0 Å². The summed E-state index contributed by atoms with van der Waals surface area (Å²) in [4.78, 5) is 25.4. The van der Waals surface area contributed by atoms with Gasteiger partial charge in [-0.25, -0.2) is 0 Å². The topological polar surface area (TPSA) is 51.1 Å². The summed E-state index contributed by atoms with van der Waals surface area (Å²) in [7, 11) is 0. The second-order valence-corrected chi connectivity index (χ2v) is 6.28. The van der Waals surface area contributed by atoms with Crippen molar-refractivity contribution < 1.29 is 4.79 Å². The maximum atomic E-state index is 12.8. The zero-order valence-electron chi connectivity index (χ0n) is 15.5. The molecule has 0 atom stereocenters. The van der Waals surface area contributed by atoms with Crippen LogP contribution in [0.15, 0.2) is 72.2 Å². The van der Waals surface area contributed by atoms with Gasteiger partial charge in [0.15, 0.2) is 0 Å². The van der Waals surface area contributed by atoms with Crippen LogP contribution in [-0.2, 0) is 6.54 Å². The average molecular weight is 358 g/mol. The van der Waals surface area contributed by atoms with E-state index in [1.807, 2.05) is 62.4 Å². The zero-order valence-corrected chi connectivity index (χ0v) is 15.5. The minimum atomic E-state index is -0.417. The van der Waals surface area contributed by atoms with Gasteiger partial charge in [-0.2, -0.15) is 0 Å². The Hall–Kier alpha value is -3.40. The van der Waals surface area contributed by atoms with Crippen LogP contribution in [-0.4, -0.2) is 10.5 Å². The van der Waals surface area contributed by atoms with Crippen LogP contribution in [0.1, 0.15) is 28.4 Å². The van der Waals surface area contributed by atoms with Gasteiger partial charge in [-0.05, 0) is 48.2 Å². The van der Waals surface area contributed by atoms with Gasteiger partial charge in [0.25, 0.3) is 11.5 Å². The van der Waals surface area contributed by atoms with E-state index >= 15 is 0 Å². The number of nitrogens with one attached hydrogen (secondary N) is 1. The number of rotatable bonds is 5. The fourth-order valence-corrected chi connectivity index (χ4v) is 3.06. The number of hydrogen-bond acceptors (Lipinski definition) is 2. The van der Waals surface area contributed by atoms with Gasteiger partial charge < -0.3 is 9.88 Å². The molecule has 1 aromatic heterocycles. The van der Waals surface area contributed by atoms with E-state index < -0.39 is 5.91 Å². The fraction of sp³-hybridized carbons (Fsp3) is 0.130. The first-order valence-corrected chi connectivity index (χ1v) is 8.88. The van der Waals surface area contributed by atoms with E-state index in [-0.39, 0.29) is 11.1 Å². The van der Waals surface area contributed by atoms with Crippen molar-refractivity contribution in [2.75, 3.05) is 5.32 Å². The molecule has 1 amide bonds. The van der Waals surface area contributed by atoms with Crippen LogP contribution in [0.3, 0.4) is 0 Å². The molecule has 0 fully saturated rings. The van der Waals surface area contributed by atoms with Crippen molar-refractivity contribution in [2.45, 2.75) is 20.4 Å². The van der Waals surface area contributed by atoms with E-state index in [1.165, 1.54) is 4.57 Å². The van der Waals surface area contributed by atoms with Gasteiger partial charge in [-0.1, -0.05) is 55.1 Å². The molecule has 0 unspecified atom stereocenters. The number of amides is 1. The molecule has 0 aliphatic rings. The highest BCUT2D eigenvalue weighted by Gasteiger charge is 2.15. The van der Waals surface area contributed by atoms with Crippen molar-refractivity contribution in [2.24, 2.45) is 0 Å². The van der Waals surface area contributed by atoms with E-state index in [0.29, 0.717) is 12.2 Å². The Balaban J connectivity index is 1.98. The predicted molar refractivity (Wildman–Crippen MR) is 111 cm³/mol. The number of aromatic nitrogens is 1. The molecule has 0 spiro atoms. The maximum Gasteiger partial charge on any atom is 0.263 e. The molecular formula is C23H22N2O2. The maximum absolute atomic E-state index is 12.8. The molecule has 136 valence electrons. The number of hydrogen-bond donors (Lipinski definition) is 1. The molecule has 4 nitrogen and oxygen atoms in total. The molecule has 0 aliphatic carbocycles. The molecule has 1 heterocycles. The first-order valence-electron chi connectivity index (χ1n) is 8.88. The minimum absolute atomic E-state index is 0.110. The van der Waals surface area contributed by atoms with Crippen LogP contribution in [0.5, 0.6) is 0 Å². The lowest BCUT2D eigenvalue weighted by Gasteiger charge is -2.13. The second-order valence-electron chi connectivity index (χ2n) is 6.28. The smallest absolute Gasteiger partial charge is 0.263 e. The van der Waals surface area contributed by atoms with Crippen molar-refractivity contribution in [3.05, 3.63) is 94.4 Å². The molecule has 0 saturated carbocycles. The lowest BCUT2D eigenvalue weighted by atomic mass is 9.99. The van der Waals surface area contributed by atoms with Crippen LogP contribution in [0, 0.1) is 6.92 Å². The number of nitrogens with zero attached hydrogens (tertiary/aromatic N) is 1. The SMILES string of the molecule is C=Cc1cc(C(=O)Nc2cccc(-c3ccccc3)c2C)c(=O)n(CC)c1. The Bertz CT molecular complexity index is 1050. The van der Waals surface area contributed by atoms with Crippen molar-refractivity contribution in [3.63, 3.8) is 0 Å². The van der Waals surface area contributed by atoms with E-state index in [2.05, 4.69) is 11.9 Å². The monoisotopic (exact) mass is 358 g/mol. The van der Waals surface area contributed by atoms with Gasteiger partial charge >= 0.3 is 0 Å². The van der Waals surface area contributed by atoms with Gasteiger partial charge in [0.1, 0.15) is 5.56 Å². The summed E-state index contributed by atoms with van der Waals surface area (Å²) in [5.74, 6) is -0.417. The molecule has 2 aromatic carbocycles. The van der Waals surface area contributed by atoms with Crippen LogP contribution in [0.25, 0.3) is 17.2 Å². The number of aryl methyl sites for hydroxylation is 1. The summed E-state index contributed by atoms with van der Waals surface area (Å²) < 4.78 is 1.51. The van der Waals surface area contributed by atoms with E-state index in [4.69, 9.17) is 0 Å². The van der Waals surface area contributed by atoms with Crippen LogP contribution >= 0.6 is 0 Å². The number of benzene rings is 2. The Labute approximate surface area is 158 Å². The highest BCUT2D eigenvalue weighted by atomic mass is 16.2. The first kappa shape index (κ1) is 18.4. The lowest BCUT2D eigenvalue weighted by Crippen LogP contribution is -2.29. The Morgan fingerprint density at radius 3 is 2.56 bits per heavy atom. The average Bonchev–Trinajstić information content (AvgIpc) is 2.70. The number of pyridine rings is 1. The highest BCUT2D eigenvalue weighted by Crippen LogP contribution is 2.28. The summed E-state index contributed by atoms with van der Waals surface area (Å²) in [6, 6.07) is 17.3. The standard InChI is InChI=1S/C23H22N2O2/c1-4-17-14-20(23(27)25(5-2)15-17)22(26)24-21-13-9-12-19(16(21)3)18-10-7-6-8-11-18/h4,6-15H,1,5H2,2-3H3,(H,24,26). The van der Waals surface area contributed by atoms with Crippen LogP contribution < -0.4 is 10.9 Å². The van der Waals surface area contributed by atoms with Gasteiger partial charge in [0.2, 0.25) is 0 Å². The largest absolute Gasteiger partial charge is 0.322 e. The van der Waals surface area contributed by atoms with Crippen molar-refractivity contribution >= 4 is 17.7 Å². The third-order valence-corrected chi connectivity index (χ3v) is 4.59. The Morgan fingerprint density at radius 2 is 1.89 bits per heavy atom. The third-order valence-electron chi connectivity index (χ3n) is 4.59. The zero-order chi connectivity index (χ0) is 19.4. The Kier molecular flexibility index (Phi) is 5.36. The molecule has 0 aliphatic heterocycles. The second kappa shape index (κ2) is 7.87. The van der Waals surface area contributed by atoms with Gasteiger partial charge in [-0.3, -0.25) is 9.59 Å². The summed E-state index contributed by atoms with van der Waals surface area (Å²) >= 11 is 0. The molecule has 0 saturated heterocycles. The fourth-order valence-electron chi connectivity index (χ4n) is 3.06. The molecule has 1 N–H and O–H groups in total. The summed E-state index contributed by atoms with van der Waals surface area (Å²) in [5, 5.41) is 2.89. The van der Waals surface area contributed by atoms with Crippen molar-refractivity contribution in [1.82, 2.24) is 4.57 Å². The third kappa shape index (κ3) is 3.75. The van der Waals surface area contributed by atoms with Crippen LogP contribution in [0.2, 0.25) is 0 Å². The highest BCUT2D eigenvalue weighted by molar-refractivity contribution is 6.05. The molecule has 27 heavy (non-hydrogen) atoms. The predicted octanol–water partition coefficient (Wildman–Crippen LogP) is 4.74. The van der Waals surface area contributed by atoms with Crippen molar-refractivity contribution in [3.8, 4) is 11.1 Å². The number of anilines is 1.